The van der Waals surface area contributed by atoms with Gasteiger partial charge in [0.2, 0.25) is 0 Å². The Hall–Kier alpha value is -2.55. The van der Waals surface area contributed by atoms with Gasteiger partial charge in [-0.15, -0.1) is 0 Å². The van der Waals surface area contributed by atoms with Gasteiger partial charge in [-0.3, -0.25) is 0 Å². The highest BCUT2D eigenvalue weighted by Gasteiger charge is 2.21. The minimum Gasteiger partial charge on any atom is -0.206 e. The van der Waals surface area contributed by atoms with Crippen molar-refractivity contribution in [2.24, 2.45) is 11.8 Å². The number of benzene rings is 3. The third-order valence-corrected chi connectivity index (χ3v) is 7.66. The summed E-state index contributed by atoms with van der Waals surface area (Å²) in [5.41, 5.74) is 2.22. The molecule has 3 heteroatoms. The maximum Gasteiger partial charge on any atom is 0.170 e. The Morgan fingerprint density at radius 1 is 0.824 bits per heavy atom. The molecule has 0 nitrogen and oxygen atoms in total. The van der Waals surface area contributed by atoms with Crippen LogP contribution in [0.2, 0.25) is 0 Å². The number of hydrogen-bond donors (Lipinski definition) is 0. The van der Waals surface area contributed by atoms with E-state index in [1.165, 1.54) is 75.5 Å². The quantitative estimate of drug-likeness (QED) is 0.276. The summed E-state index contributed by atoms with van der Waals surface area (Å²) < 4.78 is 44.0. The van der Waals surface area contributed by atoms with Crippen LogP contribution in [0.3, 0.4) is 0 Å². The Bertz CT molecular complexity index is 1120. The molecule has 3 aromatic carbocycles. The second kappa shape index (κ2) is 11.3. The average molecular weight is 465 g/mol. The number of hydrogen-bond acceptors (Lipinski definition) is 0. The molecular weight excluding hydrogens is 429 g/mol. The molecule has 0 heterocycles. The molecule has 3 aromatic rings. The van der Waals surface area contributed by atoms with E-state index in [2.05, 4.69) is 13.5 Å². The van der Waals surface area contributed by atoms with Crippen LogP contribution in [0.4, 0.5) is 13.2 Å². The van der Waals surface area contributed by atoms with Crippen molar-refractivity contribution in [3.05, 3.63) is 77.6 Å². The summed E-state index contributed by atoms with van der Waals surface area (Å²) >= 11 is 0. The lowest BCUT2D eigenvalue weighted by molar-refractivity contribution is 0.249. The molecule has 1 aliphatic carbocycles. The number of unbranched alkanes of at least 4 members (excludes halogenated alkanes) is 2. The number of halogens is 3. The highest BCUT2D eigenvalue weighted by Crippen LogP contribution is 2.35. The van der Waals surface area contributed by atoms with E-state index in [1.807, 2.05) is 24.3 Å². The zero-order valence-electron chi connectivity index (χ0n) is 20.2. The van der Waals surface area contributed by atoms with E-state index in [0.717, 1.165) is 18.3 Å². The fourth-order valence-electron chi connectivity index (χ4n) is 5.49. The molecule has 0 aromatic heterocycles. The van der Waals surface area contributed by atoms with Crippen molar-refractivity contribution >= 4 is 16.8 Å². The molecule has 0 spiro atoms. The van der Waals surface area contributed by atoms with Gasteiger partial charge in [0, 0.05) is 11.1 Å². The largest absolute Gasteiger partial charge is 0.206 e. The van der Waals surface area contributed by atoms with Crippen LogP contribution in [0.25, 0.3) is 28.0 Å². The van der Waals surface area contributed by atoms with Gasteiger partial charge in [-0.05, 0) is 47.3 Å². The van der Waals surface area contributed by atoms with Crippen LogP contribution in [0.5, 0.6) is 0 Å². The maximum absolute atomic E-state index is 15.2. The standard InChI is InChI=1S/C31H35F3/c1-3-5-6-7-21-8-10-22(11-9-21)12-13-23-14-16-25(17-15-23)27-19-18-26-20-24(4-2)29(32)31(34)28(26)30(27)33/h4,14-22H,2-3,5-13H2,1H3. The molecule has 0 saturated heterocycles. The molecule has 180 valence electrons. The highest BCUT2D eigenvalue weighted by atomic mass is 19.2. The molecule has 1 saturated carbocycles. The van der Waals surface area contributed by atoms with Crippen LogP contribution in [0.15, 0.2) is 49.0 Å². The highest BCUT2D eigenvalue weighted by molar-refractivity contribution is 5.90. The van der Waals surface area contributed by atoms with Crippen molar-refractivity contribution < 1.29 is 13.2 Å². The minimum atomic E-state index is -1.16. The summed E-state index contributed by atoms with van der Waals surface area (Å²) in [7, 11) is 0. The first-order valence-corrected chi connectivity index (χ1v) is 12.8. The van der Waals surface area contributed by atoms with Crippen LogP contribution >= 0.6 is 0 Å². The number of aryl methyl sites for hydroxylation is 1. The molecule has 0 N–H and O–H groups in total. The Kier molecular flexibility index (Phi) is 8.13. The molecule has 34 heavy (non-hydrogen) atoms. The first-order valence-electron chi connectivity index (χ1n) is 12.8. The smallest absolute Gasteiger partial charge is 0.170 e. The maximum atomic E-state index is 15.2. The van der Waals surface area contributed by atoms with Crippen LogP contribution in [0, 0.1) is 29.3 Å². The average Bonchev–Trinajstić information content (AvgIpc) is 2.86. The molecule has 0 amide bonds. The van der Waals surface area contributed by atoms with Crippen molar-refractivity contribution in [2.45, 2.75) is 71.1 Å². The second-order valence-corrected chi connectivity index (χ2v) is 9.94. The van der Waals surface area contributed by atoms with Crippen LogP contribution in [0.1, 0.15) is 75.8 Å². The zero-order valence-corrected chi connectivity index (χ0v) is 20.2. The lowest BCUT2D eigenvalue weighted by Gasteiger charge is -2.28. The third kappa shape index (κ3) is 5.40. The van der Waals surface area contributed by atoms with Gasteiger partial charge >= 0.3 is 0 Å². The Labute approximate surface area is 201 Å². The van der Waals surface area contributed by atoms with E-state index in [0.29, 0.717) is 10.9 Å². The minimum absolute atomic E-state index is 0.0338. The fraction of sp³-hybridized carbons (Fsp3) is 0.419. The molecule has 0 aliphatic heterocycles. The van der Waals surface area contributed by atoms with E-state index in [-0.39, 0.29) is 16.5 Å². The second-order valence-electron chi connectivity index (χ2n) is 9.94. The van der Waals surface area contributed by atoms with Gasteiger partial charge in [0.1, 0.15) is 5.82 Å². The van der Waals surface area contributed by atoms with Gasteiger partial charge in [-0.25, -0.2) is 13.2 Å². The van der Waals surface area contributed by atoms with Gasteiger partial charge in [0.15, 0.2) is 11.6 Å². The lowest BCUT2D eigenvalue weighted by atomic mass is 9.78. The Balaban J connectivity index is 1.40. The first-order chi connectivity index (χ1) is 16.5. The first kappa shape index (κ1) is 24.6. The van der Waals surface area contributed by atoms with E-state index in [1.54, 1.807) is 12.1 Å². The summed E-state index contributed by atoms with van der Waals surface area (Å²) in [5, 5.41) is 0.0155. The molecule has 0 bridgehead atoms. The van der Waals surface area contributed by atoms with E-state index >= 15 is 4.39 Å². The third-order valence-electron chi connectivity index (χ3n) is 7.66. The summed E-state index contributed by atoms with van der Waals surface area (Å²) in [5.74, 6) is -1.22. The monoisotopic (exact) mass is 464 g/mol. The normalized spacial score (nSPS) is 18.4. The summed E-state index contributed by atoms with van der Waals surface area (Å²) in [6.07, 6.45) is 14.3. The molecule has 0 radical (unpaired) electrons. The topological polar surface area (TPSA) is 0 Å². The van der Waals surface area contributed by atoms with Gasteiger partial charge in [-0.2, -0.15) is 0 Å². The van der Waals surface area contributed by atoms with Crippen molar-refractivity contribution in [1.29, 1.82) is 0 Å². The van der Waals surface area contributed by atoms with Crippen LogP contribution < -0.4 is 0 Å². The van der Waals surface area contributed by atoms with Gasteiger partial charge < -0.3 is 0 Å². The molecule has 0 unspecified atom stereocenters. The van der Waals surface area contributed by atoms with Crippen molar-refractivity contribution in [1.82, 2.24) is 0 Å². The molecule has 0 atom stereocenters. The van der Waals surface area contributed by atoms with Crippen LogP contribution in [-0.4, -0.2) is 0 Å². The van der Waals surface area contributed by atoms with Crippen molar-refractivity contribution in [2.75, 3.05) is 0 Å². The summed E-state index contributed by atoms with van der Waals surface area (Å²) in [4.78, 5) is 0. The SMILES string of the molecule is C=Cc1cc2ccc(-c3ccc(CCC4CCC(CCCCC)CC4)cc3)c(F)c2c(F)c1F. The predicted octanol–water partition coefficient (Wildman–Crippen LogP) is 9.89. The van der Waals surface area contributed by atoms with E-state index < -0.39 is 17.5 Å². The molecular formula is C31H35F3. The molecule has 4 rings (SSSR count). The van der Waals surface area contributed by atoms with Gasteiger partial charge in [0.05, 0.1) is 5.39 Å². The fourth-order valence-corrected chi connectivity index (χ4v) is 5.49. The summed E-state index contributed by atoms with van der Waals surface area (Å²) in [6, 6.07) is 12.5. The van der Waals surface area contributed by atoms with Crippen LogP contribution in [-0.2, 0) is 6.42 Å². The molecule has 1 aliphatic rings. The predicted molar refractivity (Wildman–Crippen MR) is 137 cm³/mol. The number of rotatable bonds is 9. The lowest BCUT2D eigenvalue weighted by Crippen LogP contribution is -2.15. The number of fused-ring (bicyclic) bond motifs is 1. The Morgan fingerprint density at radius 3 is 2.15 bits per heavy atom. The van der Waals surface area contributed by atoms with Gasteiger partial charge in [-0.1, -0.05) is 107 Å². The zero-order chi connectivity index (χ0) is 24.1. The summed E-state index contributed by atoms with van der Waals surface area (Å²) in [6.45, 7) is 5.76. The van der Waals surface area contributed by atoms with Crippen molar-refractivity contribution in [3.8, 4) is 11.1 Å². The van der Waals surface area contributed by atoms with E-state index in [4.69, 9.17) is 0 Å². The Morgan fingerprint density at radius 2 is 1.50 bits per heavy atom. The van der Waals surface area contributed by atoms with Gasteiger partial charge in [0.25, 0.3) is 0 Å². The van der Waals surface area contributed by atoms with Crippen molar-refractivity contribution in [3.63, 3.8) is 0 Å². The van der Waals surface area contributed by atoms with E-state index in [9.17, 15) is 8.78 Å². The molecule has 1 fully saturated rings.